The number of H-pyrrole nitrogens is 1. The Bertz CT molecular complexity index is 909. The molecular formula is C17H16ClF5N2O2. The van der Waals surface area contributed by atoms with E-state index >= 15 is 0 Å². The van der Waals surface area contributed by atoms with E-state index in [0.29, 0.717) is 12.5 Å². The van der Waals surface area contributed by atoms with Crippen LogP contribution in [-0.2, 0) is 5.38 Å². The van der Waals surface area contributed by atoms with Gasteiger partial charge in [-0.15, -0.1) is 0 Å². The standard InChI is InChI=1S/C17H16ClF5N2O2/c1-8-2-5-13(15(27)17(21,22)23)25(8)9-3-4-12-10(6-9)11(16(18,19)20)7-14(26)24-12/h3-4,6-8,13,15,27H,2,5H2,1H3,(H,24,26)/t8?,13?,15-/m1/s1. The molecular weight excluding hydrogens is 395 g/mol. The van der Waals surface area contributed by atoms with Gasteiger partial charge in [-0.25, -0.2) is 0 Å². The summed E-state index contributed by atoms with van der Waals surface area (Å²) in [7, 11) is 0. The molecule has 27 heavy (non-hydrogen) atoms. The molecule has 3 atom stereocenters. The molecule has 0 aliphatic carbocycles. The predicted molar refractivity (Wildman–Crippen MR) is 91.3 cm³/mol. The zero-order chi connectivity index (χ0) is 20.1. The van der Waals surface area contributed by atoms with E-state index < -0.39 is 34.8 Å². The number of fused-ring (bicyclic) bond motifs is 1. The number of nitrogens with one attached hydrogen (secondary N) is 1. The van der Waals surface area contributed by atoms with Crippen molar-refractivity contribution in [2.45, 2.75) is 49.5 Å². The lowest BCUT2D eigenvalue weighted by atomic mass is 10.1. The monoisotopic (exact) mass is 410 g/mol. The Morgan fingerprint density at radius 3 is 2.48 bits per heavy atom. The fourth-order valence-corrected chi connectivity index (χ4v) is 3.78. The molecule has 1 fully saturated rings. The van der Waals surface area contributed by atoms with Crippen LogP contribution in [0.15, 0.2) is 29.1 Å². The van der Waals surface area contributed by atoms with Gasteiger partial charge in [-0.1, -0.05) is 0 Å². The Hall–Kier alpha value is -1.87. The van der Waals surface area contributed by atoms with E-state index in [1.165, 1.54) is 23.1 Å². The molecule has 1 aromatic carbocycles. The van der Waals surface area contributed by atoms with E-state index in [1.807, 2.05) is 0 Å². The van der Waals surface area contributed by atoms with Crippen LogP contribution in [0.3, 0.4) is 0 Å². The Balaban J connectivity index is 2.13. The first-order valence-corrected chi connectivity index (χ1v) is 8.55. The van der Waals surface area contributed by atoms with E-state index in [1.54, 1.807) is 6.92 Å². The molecule has 2 N–H and O–H groups in total. The number of benzene rings is 1. The smallest absolute Gasteiger partial charge is 0.382 e. The summed E-state index contributed by atoms with van der Waals surface area (Å²) < 4.78 is 66.4. The molecule has 0 saturated carbocycles. The van der Waals surface area contributed by atoms with E-state index in [-0.39, 0.29) is 29.1 Å². The van der Waals surface area contributed by atoms with E-state index in [0.717, 1.165) is 0 Å². The molecule has 2 aromatic rings. The molecule has 0 amide bonds. The third-order valence-corrected chi connectivity index (χ3v) is 5.05. The van der Waals surface area contributed by atoms with Crippen LogP contribution in [0.2, 0.25) is 0 Å². The third-order valence-electron chi connectivity index (χ3n) is 4.84. The van der Waals surface area contributed by atoms with Crippen LogP contribution in [0, 0.1) is 0 Å². The number of aromatic nitrogens is 1. The minimum absolute atomic E-state index is 0.0774. The molecule has 1 aromatic heterocycles. The lowest BCUT2D eigenvalue weighted by molar-refractivity contribution is -0.209. The number of nitrogens with zero attached hydrogens (tertiary/aromatic N) is 1. The zero-order valence-electron chi connectivity index (χ0n) is 14.0. The highest BCUT2D eigenvalue weighted by atomic mass is 35.5. The summed E-state index contributed by atoms with van der Waals surface area (Å²) in [5.41, 5.74) is -1.19. The van der Waals surface area contributed by atoms with Gasteiger partial charge in [0, 0.05) is 28.7 Å². The Kier molecular flexibility index (Phi) is 4.88. The maximum atomic E-state index is 13.7. The van der Waals surface area contributed by atoms with Gasteiger partial charge in [0.05, 0.1) is 11.6 Å². The number of aliphatic hydroxyl groups is 1. The number of halogens is 6. The first kappa shape index (κ1) is 19.9. The van der Waals surface area contributed by atoms with Crippen molar-refractivity contribution in [2.24, 2.45) is 0 Å². The Morgan fingerprint density at radius 1 is 1.22 bits per heavy atom. The summed E-state index contributed by atoms with van der Waals surface area (Å²) in [5.74, 6) is 0. The average Bonchev–Trinajstić information content (AvgIpc) is 2.92. The van der Waals surface area contributed by atoms with Crippen molar-refractivity contribution in [3.05, 3.63) is 40.2 Å². The van der Waals surface area contributed by atoms with Crippen LogP contribution < -0.4 is 10.5 Å². The molecule has 0 radical (unpaired) electrons. The van der Waals surface area contributed by atoms with Gasteiger partial charge in [0.15, 0.2) is 6.10 Å². The summed E-state index contributed by atoms with van der Waals surface area (Å²) in [4.78, 5) is 15.3. The number of pyridine rings is 1. The largest absolute Gasteiger partial charge is 0.416 e. The minimum Gasteiger partial charge on any atom is -0.382 e. The molecule has 1 aliphatic heterocycles. The summed E-state index contributed by atoms with van der Waals surface area (Å²) in [6, 6.07) is 3.10. The maximum Gasteiger partial charge on any atom is 0.416 e. The fraction of sp³-hybridized carbons (Fsp3) is 0.471. The summed E-state index contributed by atoms with van der Waals surface area (Å²) in [6.07, 6.45) is -6.87. The molecule has 1 saturated heterocycles. The van der Waals surface area contributed by atoms with E-state index in [2.05, 4.69) is 4.98 Å². The van der Waals surface area contributed by atoms with Crippen molar-refractivity contribution in [2.75, 3.05) is 4.90 Å². The topological polar surface area (TPSA) is 56.3 Å². The maximum absolute atomic E-state index is 13.7. The number of hydrogen-bond acceptors (Lipinski definition) is 3. The summed E-state index contributed by atoms with van der Waals surface area (Å²) >= 11 is 5.10. The molecule has 2 heterocycles. The number of rotatable bonds is 3. The lowest BCUT2D eigenvalue weighted by Gasteiger charge is -2.34. The zero-order valence-corrected chi connectivity index (χ0v) is 14.8. The quantitative estimate of drug-likeness (QED) is 0.592. The van der Waals surface area contributed by atoms with Gasteiger partial charge in [-0.2, -0.15) is 22.0 Å². The fourth-order valence-electron chi connectivity index (χ4n) is 3.63. The molecule has 0 spiro atoms. The van der Waals surface area contributed by atoms with Crippen LogP contribution in [0.25, 0.3) is 10.9 Å². The molecule has 3 rings (SSSR count). The normalized spacial score (nSPS) is 22.4. The molecule has 1 aliphatic rings. The van der Waals surface area contributed by atoms with Crippen molar-refractivity contribution in [1.29, 1.82) is 0 Å². The Morgan fingerprint density at radius 2 is 1.89 bits per heavy atom. The minimum atomic E-state index is -4.80. The predicted octanol–water partition coefficient (Wildman–Crippen LogP) is 4.10. The average molecular weight is 411 g/mol. The second kappa shape index (κ2) is 6.63. The Labute approximate surface area is 155 Å². The van der Waals surface area contributed by atoms with Crippen LogP contribution in [0.5, 0.6) is 0 Å². The van der Waals surface area contributed by atoms with Crippen molar-refractivity contribution in [3.63, 3.8) is 0 Å². The van der Waals surface area contributed by atoms with Crippen molar-refractivity contribution in [1.82, 2.24) is 4.98 Å². The molecule has 4 nitrogen and oxygen atoms in total. The number of alkyl halides is 6. The SMILES string of the molecule is CC1CCC([C@@H](O)C(F)(F)F)N1c1ccc2[nH]c(=O)cc(C(F)(F)Cl)c2c1. The third kappa shape index (κ3) is 3.75. The van der Waals surface area contributed by atoms with Crippen LogP contribution in [0.4, 0.5) is 27.6 Å². The van der Waals surface area contributed by atoms with Gasteiger partial charge in [0.2, 0.25) is 5.56 Å². The van der Waals surface area contributed by atoms with Gasteiger partial charge >= 0.3 is 11.6 Å². The number of aliphatic hydroxyl groups excluding tert-OH is 1. The second-order valence-electron chi connectivity index (χ2n) is 6.66. The summed E-state index contributed by atoms with van der Waals surface area (Å²) in [6.45, 7) is 1.69. The number of hydrogen-bond donors (Lipinski definition) is 2. The van der Waals surface area contributed by atoms with Gasteiger partial charge < -0.3 is 15.0 Å². The van der Waals surface area contributed by atoms with Crippen molar-refractivity contribution in [3.8, 4) is 0 Å². The van der Waals surface area contributed by atoms with E-state index in [4.69, 9.17) is 11.6 Å². The van der Waals surface area contributed by atoms with Crippen LogP contribution in [0.1, 0.15) is 25.3 Å². The lowest BCUT2D eigenvalue weighted by Crippen LogP contribution is -2.48. The number of anilines is 1. The van der Waals surface area contributed by atoms with Gasteiger partial charge in [0.1, 0.15) is 0 Å². The second-order valence-corrected chi connectivity index (χ2v) is 7.14. The molecule has 148 valence electrons. The highest BCUT2D eigenvalue weighted by Gasteiger charge is 2.48. The van der Waals surface area contributed by atoms with Crippen molar-refractivity contribution < 1.29 is 27.1 Å². The highest BCUT2D eigenvalue weighted by Crippen LogP contribution is 2.40. The molecule has 10 heteroatoms. The first-order chi connectivity index (χ1) is 12.4. The number of aromatic amines is 1. The van der Waals surface area contributed by atoms with Gasteiger partial charge in [0.25, 0.3) is 0 Å². The molecule has 2 unspecified atom stereocenters. The van der Waals surface area contributed by atoms with Gasteiger partial charge in [-0.3, -0.25) is 4.79 Å². The van der Waals surface area contributed by atoms with Crippen molar-refractivity contribution >= 4 is 28.2 Å². The molecule has 0 bridgehead atoms. The highest BCUT2D eigenvalue weighted by molar-refractivity contribution is 6.22. The van der Waals surface area contributed by atoms with Crippen LogP contribution >= 0.6 is 11.6 Å². The van der Waals surface area contributed by atoms with E-state index in [9.17, 15) is 31.9 Å². The van der Waals surface area contributed by atoms with Crippen LogP contribution in [-0.4, -0.2) is 34.5 Å². The first-order valence-electron chi connectivity index (χ1n) is 8.17. The summed E-state index contributed by atoms with van der Waals surface area (Å²) in [5, 5.41) is 5.81. The van der Waals surface area contributed by atoms with Gasteiger partial charge in [-0.05, 0) is 49.6 Å².